The molecule has 3 rings (SSSR count). The maximum absolute atomic E-state index is 9.65. The number of nitrogens with zero attached hydrogens (tertiary/aromatic N) is 2. The number of imidazole rings is 1. The number of benzene rings is 2. The zero-order valence-electron chi connectivity index (χ0n) is 9.54. The summed E-state index contributed by atoms with van der Waals surface area (Å²) in [6.45, 7) is 0. The van der Waals surface area contributed by atoms with Gasteiger partial charge in [0.2, 0.25) is 0 Å². The van der Waals surface area contributed by atoms with Gasteiger partial charge in [-0.2, -0.15) is 0 Å². The van der Waals surface area contributed by atoms with Crippen molar-refractivity contribution in [1.82, 2.24) is 9.97 Å². The lowest BCUT2D eigenvalue weighted by molar-refractivity contribution is 0.474. The summed E-state index contributed by atoms with van der Waals surface area (Å²) >= 11 is 0. The maximum atomic E-state index is 9.65. The van der Waals surface area contributed by atoms with E-state index in [1.165, 1.54) is 0 Å². The van der Waals surface area contributed by atoms with Crippen molar-refractivity contribution in [2.75, 3.05) is 0 Å². The fraction of sp³-hybridized carbons (Fsp3) is 0. The molecular weight excluding hydrogens is 226 g/mol. The molecule has 4 nitrogen and oxygen atoms in total. The average molecular weight is 237 g/mol. The molecule has 4 heteroatoms. The van der Waals surface area contributed by atoms with Gasteiger partial charge in [-0.3, -0.25) is 4.99 Å². The van der Waals surface area contributed by atoms with Crippen molar-refractivity contribution in [3.63, 3.8) is 0 Å². The average Bonchev–Trinajstić information content (AvgIpc) is 2.86. The number of fused-ring (bicyclic) bond motifs is 1. The highest BCUT2D eigenvalue weighted by molar-refractivity contribution is 5.91. The Morgan fingerprint density at radius 3 is 2.89 bits per heavy atom. The number of aromatic hydroxyl groups is 1. The highest BCUT2D eigenvalue weighted by Gasteiger charge is 2.01. The van der Waals surface area contributed by atoms with Crippen LogP contribution in [0.25, 0.3) is 11.0 Å². The summed E-state index contributed by atoms with van der Waals surface area (Å²) in [7, 11) is 0. The molecule has 0 aliphatic heterocycles. The first-order valence-electron chi connectivity index (χ1n) is 5.59. The van der Waals surface area contributed by atoms with Crippen LogP contribution in [0, 0.1) is 0 Å². The maximum Gasteiger partial charge on any atom is 0.124 e. The lowest BCUT2D eigenvalue weighted by Gasteiger charge is -1.98. The summed E-state index contributed by atoms with van der Waals surface area (Å²) in [5.41, 5.74) is 3.23. The third-order valence-electron chi connectivity index (χ3n) is 2.71. The van der Waals surface area contributed by atoms with Gasteiger partial charge < -0.3 is 10.1 Å². The standard InChI is InChI=1S/C14H11N3O/c18-13-7-2-1-4-10(13)8-15-11-5-3-6-12-14(11)17-9-16-12/h1-9,18H,(H,16,17). The van der Waals surface area contributed by atoms with E-state index < -0.39 is 0 Å². The Morgan fingerprint density at radius 2 is 2.00 bits per heavy atom. The van der Waals surface area contributed by atoms with E-state index in [0.717, 1.165) is 16.7 Å². The number of phenols is 1. The third kappa shape index (κ3) is 1.84. The van der Waals surface area contributed by atoms with Gasteiger partial charge >= 0.3 is 0 Å². The van der Waals surface area contributed by atoms with Gasteiger partial charge in [-0.1, -0.05) is 18.2 Å². The number of rotatable bonds is 2. The molecule has 0 unspecified atom stereocenters. The number of H-pyrrole nitrogens is 1. The Hall–Kier alpha value is -2.62. The van der Waals surface area contributed by atoms with Gasteiger partial charge in [0.05, 0.1) is 17.5 Å². The first-order chi connectivity index (χ1) is 8.84. The van der Waals surface area contributed by atoms with Crippen LogP contribution in [0.3, 0.4) is 0 Å². The molecule has 3 aromatic rings. The van der Waals surface area contributed by atoms with Crippen molar-refractivity contribution < 1.29 is 5.11 Å². The molecule has 0 saturated carbocycles. The van der Waals surface area contributed by atoms with Crippen molar-refractivity contribution in [2.24, 2.45) is 4.99 Å². The number of nitrogens with one attached hydrogen (secondary N) is 1. The molecule has 0 fully saturated rings. The Morgan fingerprint density at radius 1 is 1.11 bits per heavy atom. The molecule has 2 N–H and O–H groups in total. The number of phenolic OH excluding ortho intramolecular Hbond substituents is 1. The highest BCUT2D eigenvalue weighted by Crippen LogP contribution is 2.23. The number of para-hydroxylation sites is 2. The van der Waals surface area contributed by atoms with Crippen LogP contribution in [0.2, 0.25) is 0 Å². The SMILES string of the molecule is Oc1ccccc1C=Nc1cccc2[nH]cnc12. The van der Waals surface area contributed by atoms with Crippen LogP contribution >= 0.6 is 0 Å². The molecule has 2 aromatic carbocycles. The lowest BCUT2D eigenvalue weighted by Crippen LogP contribution is -1.81. The van der Waals surface area contributed by atoms with Crippen molar-refractivity contribution >= 4 is 22.9 Å². The normalized spacial score (nSPS) is 11.3. The smallest absolute Gasteiger partial charge is 0.124 e. The zero-order valence-corrected chi connectivity index (χ0v) is 9.54. The topological polar surface area (TPSA) is 61.3 Å². The molecule has 0 radical (unpaired) electrons. The van der Waals surface area contributed by atoms with Crippen LogP contribution in [0.5, 0.6) is 5.75 Å². The van der Waals surface area contributed by atoms with Crippen molar-refractivity contribution in [1.29, 1.82) is 0 Å². The molecule has 0 saturated heterocycles. The minimum absolute atomic E-state index is 0.218. The second-order valence-corrected chi connectivity index (χ2v) is 3.89. The molecule has 0 amide bonds. The van der Waals surface area contributed by atoms with Gasteiger partial charge in [0.15, 0.2) is 0 Å². The van der Waals surface area contributed by atoms with E-state index in [1.807, 2.05) is 30.3 Å². The predicted octanol–water partition coefficient (Wildman–Crippen LogP) is 3.02. The molecule has 1 heterocycles. The minimum Gasteiger partial charge on any atom is -0.507 e. The second-order valence-electron chi connectivity index (χ2n) is 3.89. The first-order valence-corrected chi connectivity index (χ1v) is 5.59. The van der Waals surface area contributed by atoms with Crippen LogP contribution in [-0.2, 0) is 0 Å². The van der Waals surface area contributed by atoms with Gasteiger partial charge in [-0.25, -0.2) is 4.98 Å². The van der Waals surface area contributed by atoms with Crippen LogP contribution in [0.4, 0.5) is 5.69 Å². The Labute approximate surface area is 104 Å². The van der Waals surface area contributed by atoms with Crippen molar-refractivity contribution in [3.8, 4) is 5.75 Å². The number of aromatic amines is 1. The Bertz CT molecular complexity index is 716. The first kappa shape index (κ1) is 10.5. The van der Waals surface area contributed by atoms with E-state index >= 15 is 0 Å². The van der Waals surface area contributed by atoms with Gasteiger partial charge in [-0.05, 0) is 24.3 Å². The molecular formula is C14H11N3O. The van der Waals surface area contributed by atoms with Crippen LogP contribution in [0.15, 0.2) is 53.8 Å². The summed E-state index contributed by atoms with van der Waals surface area (Å²) in [5, 5.41) is 9.65. The fourth-order valence-electron chi connectivity index (χ4n) is 1.79. The number of aromatic nitrogens is 2. The van der Waals surface area contributed by atoms with E-state index in [4.69, 9.17) is 0 Å². The molecule has 0 aliphatic rings. The van der Waals surface area contributed by atoms with Crippen molar-refractivity contribution in [2.45, 2.75) is 0 Å². The molecule has 0 aliphatic carbocycles. The van der Waals surface area contributed by atoms with Gasteiger partial charge in [-0.15, -0.1) is 0 Å². The molecule has 18 heavy (non-hydrogen) atoms. The number of hydrogen-bond acceptors (Lipinski definition) is 3. The van der Waals surface area contributed by atoms with E-state index in [1.54, 1.807) is 24.7 Å². The van der Waals surface area contributed by atoms with E-state index in [0.29, 0.717) is 5.56 Å². The van der Waals surface area contributed by atoms with Gasteiger partial charge in [0, 0.05) is 11.8 Å². The number of aliphatic imine (C=N–C) groups is 1. The van der Waals surface area contributed by atoms with E-state index in [-0.39, 0.29) is 5.75 Å². The predicted molar refractivity (Wildman–Crippen MR) is 71.5 cm³/mol. The van der Waals surface area contributed by atoms with Crippen molar-refractivity contribution in [3.05, 3.63) is 54.4 Å². The summed E-state index contributed by atoms with van der Waals surface area (Å²) in [6, 6.07) is 12.8. The zero-order chi connectivity index (χ0) is 12.4. The van der Waals surface area contributed by atoms with Gasteiger partial charge in [0.25, 0.3) is 0 Å². The largest absolute Gasteiger partial charge is 0.507 e. The van der Waals surface area contributed by atoms with Crippen LogP contribution in [0.1, 0.15) is 5.56 Å². The molecule has 88 valence electrons. The Balaban J connectivity index is 2.02. The summed E-state index contributed by atoms with van der Waals surface area (Å²) in [5.74, 6) is 0.218. The highest BCUT2D eigenvalue weighted by atomic mass is 16.3. The third-order valence-corrected chi connectivity index (χ3v) is 2.71. The minimum atomic E-state index is 0.218. The number of hydrogen-bond donors (Lipinski definition) is 2. The van der Waals surface area contributed by atoms with E-state index in [2.05, 4.69) is 15.0 Å². The molecule has 1 aromatic heterocycles. The second kappa shape index (κ2) is 4.33. The molecule has 0 bridgehead atoms. The Kier molecular flexibility index (Phi) is 2.53. The van der Waals surface area contributed by atoms with Crippen LogP contribution in [-0.4, -0.2) is 21.3 Å². The fourth-order valence-corrected chi connectivity index (χ4v) is 1.79. The molecule has 0 atom stereocenters. The monoisotopic (exact) mass is 237 g/mol. The summed E-state index contributed by atoms with van der Waals surface area (Å²) in [6.07, 6.45) is 3.28. The molecule has 0 spiro atoms. The van der Waals surface area contributed by atoms with E-state index in [9.17, 15) is 5.11 Å². The summed E-state index contributed by atoms with van der Waals surface area (Å²) < 4.78 is 0. The quantitative estimate of drug-likeness (QED) is 0.673. The summed E-state index contributed by atoms with van der Waals surface area (Å²) in [4.78, 5) is 11.6. The van der Waals surface area contributed by atoms with Gasteiger partial charge in [0.1, 0.15) is 11.3 Å². The lowest BCUT2D eigenvalue weighted by atomic mass is 10.2. The van der Waals surface area contributed by atoms with Crippen LogP contribution < -0.4 is 0 Å².